The number of sulfonamides is 1. The summed E-state index contributed by atoms with van der Waals surface area (Å²) in [7, 11) is -3.47. The Morgan fingerprint density at radius 3 is 2.62 bits per heavy atom. The number of rotatable bonds is 4. The number of H-pyrrole nitrogens is 1. The van der Waals surface area contributed by atoms with E-state index in [1.807, 2.05) is 19.9 Å². The van der Waals surface area contributed by atoms with Crippen molar-refractivity contribution in [1.29, 1.82) is 0 Å². The van der Waals surface area contributed by atoms with Crippen LogP contribution < -0.4 is 0 Å². The molecule has 0 amide bonds. The zero-order valence-electron chi connectivity index (χ0n) is 13.9. The lowest BCUT2D eigenvalue weighted by atomic mass is 9.91. The van der Waals surface area contributed by atoms with Crippen LogP contribution in [0.25, 0.3) is 0 Å². The van der Waals surface area contributed by atoms with Crippen LogP contribution in [0.5, 0.6) is 0 Å². The van der Waals surface area contributed by atoms with E-state index < -0.39 is 10.0 Å². The predicted molar refractivity (Wildman–Crippen MR) is 90.0 cm³/mol. The van der Waals surface area contributed by atoms with Crippen LogP contribution in [0.3, 0.4) is 0 Å². The van der Waals surface area contributed by atoms with Crippen molar-refractivity contribution in [3.05, 3.63) is 41.5 Å². The first-order valence-electron chi connectivity index (χ1n) is 8.41. The van der Waals surface area contributed by atoms with Crippen LogP contribution in [-0.4, -0.2) is 41.0 Å². The highest BCUT2D eigenvalue weighted by Crippen LogP contribution is 2.47. The minimum atomic E-state index is -3.47. The summed E-state index contributed by atoms with van der Waals surface area (Å²) < 4.78 is 27.7. The third-order valence-corrected chi connectivity index (χ3v) is 6.96. The van der Waals surface area contributed by atoms with E-state index in [-0.39, 0.29) is 5.92 Å². The van der Waals surface area contributed by atoms with Gasteiger partial charge in [0.1, 0.15) is 5.82 Å². The van der Waals surface area contributed by atoms with Crippen LogP contribution in [0.1, 0.15) is 36.0 Å². The number of benzene rings is 1. The molecule has 1 N–H and O–H groups in total. The fourth-order valence-electron chi connectivity index (χ4n) is 3.71. The molecule has 0 spiro atoms. The Morgan fingerprint density at radius 2 is 2.00 bits per heavy atom. The van der Waals surface area contributed by atoms with Crippen molar-refractivity contribution in [3.63, 3.8) is 0 Å². The van der Waals surface area contributed by atoms with Gasteiger partial charge in [0.2, 0.25) is 10.0 Å². The van der Waals surface area contributed by atoms with E-state index >= 15 is 0 Å². The van der Waals surface area contributed by atoms with Crippen molar-refractivity contribution >= 4 is 10.0 Å². The molecule has 1 saturated carbocycles. The summed E-state index contributed by atoms with van der Waals surface area (Å²) >= 11 is 0. The van der Waals surface area contributed by atoms with E-state index in [2.05, 4.69) is 15.2 Å². The summed E-state index contributed by atoms with van der Waals surface area (Å²) in [6.45, 7) is 4.82. The van der Waals surface area contributed by atoms with Crippen molar-refractivity contribution < 1.29 is 8.42 Å². The second kappa shape index (κ2) is 5.67. The van der Waals surface area contributed by atoms with Crippen LogP contribution in [0.2, 0.25) is 0 Å². The van der Waals surface area contributed by atoms with Gasteiger partial charge in [0.05, 0.1) is 4.90 Å². The molecule has 1 aliphatic carbocycles. The van der Waals surface area contributed by atoms with Gasteiger partial charge in [0.25, 0.3) is 0 Å². The summed E-state index contributed by atoms with van der Waals surface area (Å²) in [6.07, 6.45) is 2.37. The van der Waals surface area contributed by atoms with E-state index in [4.69, 9.17) is 0 Å². The molecule has 1 aromatic carbocycles. The Kier molecular flexibility index (Phi) is 3.73. The lowest BCUT2D eigenvalue weighted by molar-refractivity contribution is 0.423. The zero-order chi connectivity index (χ0) is 16.9. The summed E-state index contributed by atoms with van der Waals surface area (Å²) in [4.78, 5) is 4.85. The highest BCUT2D eigenvalue weighted by atomic mass is 32.2. The molecule has 1 aliphatic heterocycles. The molecule has 128 valence electrons. The molecule has 2 heterocycles. The number of aromatic amines is 1. The normalized spacial score (nSPS) is 25.2. The molecular formula is C17H22N4O2S. The van der Waals surface area contributed by atoms with Gasteiger partial charge < -0.3 is 0 Å². The number of aromatic nitrogens is 3. The minimum absolute atomic E-state index is 0.0852. The maximum absolute atomic E-state index is 13.0. The van der Waals surface area contributed by atoms with Gasteiger partial charge in [-0.25, -0.2) is 13.4 Å². The van der Waals surface area contributed by atoms with Crippen molar-refractivity contribution in [3.8, 4) is 0 Å². The van der Waals surface area contributed by atoms with Crippen molar-refractivity contribution in [2.75, 3.05) is 13.1 Å². The molecule has 0 unspecified atom stereocenters. The summed E-state index contributed by atoms with van der Waals surface area (Å²) in [5.41, 5.74) is 0.954. The van der Waals surface area contributed by atoms with Gasteiger partial charge in [0, 0.05) is 19.0 Å². The molecule has 4 rings (SSSR count). The molecule has 6 nitrogen and oxygen atoms in total. The molecule has 2 aromatic rings. The molecular weight excluding hydrogens is 324 g/mol. The summed E-state index contributed by atoms with van der Waals surface area (Å²) in [5, 5.41) is 7.19. The van der Waals surface area contributed by atoms with Crippen LogP contribution in [0, 0.1) is 25.7 Å². The Bertz CT molecular complexity index is 857. The van der Waals surface area contributed by atoms with E-state index in [1.54, 1.807) is 22.5 Å². The van der Waals surface area contributed by atoms with Crippen LogP contribution in [0.4, 0.5) is 0 Å². The number of hydrogen-bond donors (Lipinski definition) is 1. The highest BCUT2D eigenvalue weighted by molar-refractivity contribution is 7.89. The highest BCUT2D eigenvalue weighted by Gasteiger charge is 2.47. The predicted octanol–water partition coefficient (Wildman–Crippen LogP) is 2.24. The van der Waals surface area contributed by atoms with Gasteiger partial charge >= 0.3 is 0 Å². The third kappa shape index (κ3) is 2.75. The standard InChI is InChI=1S/C17H22N4O2S/c1-11-4-3-5-14(8-11)24(22,23)21-9-15(13-6-7-13)16(10-21)17-18-12(2)19-20-17/h3-5,8,13,15-16H,6-7,9-10H2,1-2H3,(H,18,19,20)/t15-,16+/m0/s1. The quantitative estimate of drug-likeness (QED) is 0.921. The van der Waals surface area contributed by atoms with Gasteiger partial charge in [-0.2, -0.15) is 9.40 Å². The number of aryl methyl sites for hydroxylation is 2. The van der Waals surface area contributed by atoms with E-state index in [9.17, 15) is 8.42 Å². The molecule has 2 atom stereocenters. The van der Waals surface area contributed by atoms with Gasteiger partial charge in [-0.1, -0.05) is 12.1 Å². The average molecular weight is 346 g/mol. The van der Waals surface area contributed by atoms with Crippen LogP contribution >= 0.6 is 0 Å². The summed E-state index contributed by atoms with van der Waals surface area (Å²) in [5.74, 6) is 2.54. The SMILES string of the molecule is Cc1cccc(S(=O)(=O)N2C[C@@H](c3n[nH]c(C)n3)[C@H](C3CC3)C2)c1. The first-order valence-corrected chi connectivity index (χ1v) is 9.85. The van der Waals surface area contributed by atoms with Gasteiger partial charge in [0.15, 0.2) is 5.82 Å². The second-order valence-electron chi connectivity index (χ2n) is 7.03. The molecule has 1 aromatic heterocycles. The lowest BCUT2D eigenvalue weighted by Crippen LogP contribution is -2.29. The van der Waals surface area contributed by atoms with Crippen molar-refractivity contribution in [2.45, 2.75) is 37.5 Å². The molecule has 0 bridgehead atoms. The Labute approximate surface area is 142 Å². The second-order valence-corrected chi connectivity index (χ2v) is 8.96. The first-order chi connectivity index (χ1) is 11.4. The molecule has 1 saturated heterocycles. The van der Waals surface area contributed by atoms with Crippen LogP contribution in [-0.2, 0) is 10.0 Å². The average Bonchev–Trinajstić information content (AvgIpc) is 3.14. The van der Waals surface area contributed by atoms with E-state index in [0.717, 1.165) is 17.2 Å². The van der Waals surface area contributed by atoms with E-state index in [0.29, 0.717) is 29.8 Å². The minimum Gasteiger partial charge on any atom is -0.263 e. The molecule has 0 radical (unpaired) electrons. The Balaban J connectivity index is 1.65. The van der Waals surface area contributed by atoms with Crippen molar-refractivity contribution in [1.82, 2.24) is 19.5 Å². The maximum atomic E-state index is 13.0. The van der Waals surface area contributed by atoms with Gasteiger partial charge in [-0.15, -0.1) is 0 Å². The lowest BCUT2D eigenvalue weighted by Gasteiger charge is -2.16. The van der Waals surface area contributed by atoms with Gasteiger partial charge in [-0.05, 0) is 56.2 Å². The molecule has 7 heteroatoms. The van der Waals surface area contributed by atoms with Crippen molar-refractivity contribution in [2.24, 2.45) is 11.8 Å². The zero-order valence-corrected chi connectivity index (χ0v) is 14.8. The fraction of sp³-hybridized carbons (Fsp3) is 0.529. The van der Waals surface area contributed by atoms with E-state index in [1.165, 1.54) is 12.8 Å². The smallest absolute Gasteiger partial charge is 0.243 e. The van der Waals surface area contributed by atoms with Gasteiger partial charge in [-0.3, -0.25) is 5.10 Å². The fourth-order valence-corrected chi connectivity index (χ4v) is 5.32. The molecule has 2 aliphatic rings. The first kappa shape index (κ1) is 15.8. The van der Waals surface area contributed by atoms with Crippen LogP contribution in [0.15, 0.2) is 29.2 Å². The monoisotopic (exact) mass is 346 g/mol. The maximum Gasteiger partial charge on any atom is 0.243 e. The topological polar surface area (TPSA) is 79.0 Å². The molecule has 2 fully saturated rings. The summed E-state index contributed by atoms with van der Waals surface area (Å²) in [6, 6.07) is 7.13. The number of nitrogens with one attached hydrogen (secondary N) is 1. The Morgan fingerprint density at radius 1 is 1.21 bits per heavy atom. The Hall–Kier alpha value is -1.73. The largest absolute Gasteiger partial charge is 0.263 e. The number of nitrogens with zero attached hydrogens (tertiary/aromatic N) is 3. The number of hydrogen-bond acceptors (Lipinski definition) is 4. The molecule has 24 heavy (non-hydrogen) atoms. The third-order valence-electron chi connectivity index (χ3n) is 5.13.